The van der Waals surface area contributed by atoms with E-state index in [1.165, 1.54) is 36.8 Å². The van der Waals surface area contributed by atoms with Crippen LogP contribution in [-0.4, -0.2) is 130 Å². The molecule has 304 valence electrons. The van der Waals surface area contributed by atoms with Crippen molar-refractivity contribution in [1.29, 1.82) is 0 Å². The maximum atomic E-state index is 13.0. The number of hydrogen-bond donors (Lipinski definition) is 7. The average molecular weight is 788 g/mol. The monoisotopic (exact) mass is 787 g/mol. The lowest BCUT2D eigenvalue weighted by molar-refractivity contribution is -0.131. The second kappa shape index (κ2) is 21.3. The van der Waals surface area contributed by atoms with Crippen LogP contribution in [0.5, 0.6) is 0 Å². The van der Waals surface area contributed by atoms with Crippen LogP contribution in [0.4, 0.5) is 17.6 Å². The molecule has 1 atom stereocenters. The maximum absolute atomic E-state index is 13.0. The Morgan fingerprint density at radius 3 is 2.38 bits per heavy atom. The molecule has 3 aromatic heterocycles. The zero-order chi connectivity index (χ0) is 39.0. The molecule has 2 fully saturated rings. The van der Waals surface area contributed by atoms with Gasteiger partial charge in [-0.1, -0.05) is 29.7 Å². The van der Waals surface area contributed by atoms with E-state index in [4.69, 9.17) is 21.3 Å². The van der Waals surface area contributed by atoms with E-state index in [-0.39, 0.29) is 43.7 Å². The van der Waals surface area contributed by atoms with Crippen molar-refractivity contribution in [3.63, 3.8) is 0 Å². The molecule has 1 saturated carbocycles. The standard InChI is InChI=1S/C34H58N15O5P/c35-29(30(50)10-8-27-24-49(44-42-27)20-21-55(52,53)54)9-11-33(51)47-18-16-46(17-19-47)32-22-31(36)40-34(41-32)39-23-28-25-48(45-43-28)15-5-13-37-12-4-14-38-26-6-2-1-3-7-26/h22,24-26,29,37-38H,1-21,23,35H2,(H2,52,53,54)(H3,36,39,40,41)/t29-/m0/s1. The summed E-state index contributed by atoms with van der Waals surface area (Å²) in [6.45, 7) is 6.30. The summed E-state index contributed by atoms with van der Waals surface area (Å²) in [5, 5.41) is 26.7. The molecule has 1 saturated heterocycles. The Labute approximate surface area is 321 Å². The molecule has 0 bridgehead atoms. The number of aryl methyl sites for hydroxylation is 3. The van der Waals surface area contributed by atoms with Crippen molar-refractivity contribution in [2.75, 3.05) is 67.9 Å². The number of carbonyl (C=O) groups is 2. The van der Waals surface area contributed by atoms with E-state index in [1.54, 1.807) is 17.2 Å². The van der Waals surface area contributed by atoms with E-state index in [1.807, 2.05) is 10.9 Å². The minimum Gasteiger partial charge on any atom is -0.383 e. The Morgan fingerprint density at radius 1 is 0.909 bits per heavy atom. The molecule has 0 aromatic carbocycles. The molecule has 0 spiro atoms. The van der Waals surface area contributed by atoms with Crippen molar-refractivity contribution in [2.24, 2.45) is 5.73 Å². The maximum Gasteiger partial charge on any atom is 0.327 e. The number of nitrogens with two attached hydrogens (primary N) is 2. The number of aromatic nitrogens is 8. The lowest BCUT2D eigenvalue weighted by atomic mass is 9.95. The number of rotatable bonds is 23. The van der Waals surface area contributed by atoms with Crippen molar-refractivity contribution in [1.82, 2.24) is 55.5 Å². The molecule has 21 heteroatoms. The zero-order valence-corrected chi connectivity index (χ0v) is 32.5. The second-order valence-corrected chi connectivity index (χ2v) is 16.2. The summed E-state index contributed by atoms with van der Waals surface area (Å²) in [4.78, 5) is 56.5. The normalized spacial score (nSPS) is 16.1. The van der Waals surface area contributed by atoms with Crippen molar-refractivity contribution in [2.45, 2.75) is 102 Å². The van der Waals surface area contributed by atoms with Gasteiger partial charge in [-0.05, 0) is 51.7 Å². The smallest absolute Gasteiger partial charge is 0.327 e. The van der Waals surface area contributed by atoms with Crippen molar-refractivity contribution in [3.05, 3.63) is 29.8 Å². The topological polar surface area (TPSA) is 273 Å². The zero-order valence-electron chi connectivity index (χ0n) is 31.6. The molecule has 3 aromatic rings. The first-order chi connectivity index (χ1) is 26.5. The minimum absolute atomic E-state index is 0.0237. The van der Waals surface area contributed by atoms with Crippen LogP contribution < -0.4 is 32.3 Å². The fraction of sp³-hybridized carbons (Fsp3) is 0.706. The van der Waals surface area contributed by atoms with Gasteiger partial charge in [0.05, 0.1) is 37.2 Å². The highest BCUT2D eigenvalue weighted by Gasteiger charge is 2.24. The molecule has 2 aliphatic rings. The summed E-state index contributed by atoms with van der Waals surface area (Å²) in [5.74, 6) is 1.12. The molecular formula is C34H58N15O5P. The van der Waals surface area contributed by atoms with Crippen LogP contribution in [0, 0.1) is 0 Å². The van der Waals surface area contributed by atoms with Gasteiger partial charge < -0.3 is 47.0 Å². The number of piperazine rings is 1. The average Bonchev–Trinajstić information content (AvgIpc) is 3.84. The van der Waals surface area contributed by atoms with E-state index in [2.05, 4.69) is 51.4 Å². The highest BCUT2D eigenvalue weighted by atomic mass is 31.2. The fourth-order valence-electron chi connectivity index (χ4n) is 6.72. The summed E-state index contributed by atoms with van der Waals surface area (Å²) in [7, 11) is -4.14. The predicted octanol–water partition coefficient (Wildman–Crippen LogP) is 0.282. The van der Waals surface area contributed by atoms with Gasteiger partial charge in [-0.25, -0.2) is 0 Å². The van der Waals surface area contributed by atoms with E-state index in [9.17, 15) is 14.2 Å². The summed E-state index contributed by atoms with van der Waals surface area (Å²) in [6.07, 6.45) is 12.8. The third-order valence-corrected chi connectivity index (χ3v) is 10.7. The van der Waals surface area contributed by atoms with Crippen LogP contribution in [0.3, 0.4) is 0 Å². The summed E-state index contributed by atoms with van der Waals surface area (Å²) >= 11 is 0. The molecule has 55 heavy (non-hydrogen) atoms. The molecule has 1 aliphatic heterocycles. The van der Waals surface area contributed by atoms with Gasteiger partial charge in [0.1, 0.15) is 23.1 Å². The van der Waals surface area contributed by atoms with Gasteiger partial charge in [-0.2, -0.15) is 9.97 Å². The lowest BCUT2D eigenvalue weighted by Gasteiger charge is -2.35. The molecular weight excluding hydrogens is 729 g/mol. The van der Waals surface area contributed by atoms with E-state index >= 15 is 0 Å². The van der Waals surface area contributed by atoms with Crippen LogP contribution in [0.1, 0.15) is 75.6 Å². The number of hydrogen-bond acceptors (Lipinski definition) is 15. The molecule has 20 nitrogen and oxygen atoms in total. The molecule has 5 rings (SSSR count). The summed E-state index contributed by atoms with van der Waals surface area (Å²) in [6, 6.07) is 1.64. The SMILES string of the molecule is Nc1cc(N2CCN(C(=O)CC[C@H](N)C(=O)CCc3cn(CCP(=O)(O)O)nn3)CC2)nc(NCc2cn(CCCNCCCNC3CCCCC3)nn2)n1. The van der Waals surface area contributed by atoms with Crippen LogP contribution in [0.25, 0.3) is 0 Å². The summed E-state index contributed by atoms with van der Waals surface area (Å²) in [5.41, 5.74) is 13.5. The van der Waals surface area contributed by atoms with Crippen LogP contribution in [-0.2, 0) is 40.2 Å². The Bertz CT molecular complexity index is 1690. The molecule has 1 aliphatic carbocycles. The molecule has 4 heterocycles. The second-order valence-electron chi connectivity index (χ2n) is 14.4. The number of Topliss-reactive ketones (excluding diaryl/α,β-unsaturated/α-hetero) is 1. The number of carbonyl (C=O) groups excluding carboxylic acids is 2. The van der Waals surface area contributed by atoms with Crippen LogP contribution in [0.2, 0.25) is 0 Å². The number of ketones is 1. The highest BCUT2D eigenvalue weighted by Crippen LogP contribution is 2.33. The number of nitrogens with zero attached hydrogens (tertiary/aromatic N) is 10. The van der Waals surface area contributed by atoms with Gasteiger partial charge in [0, 0.05) is 70.3 Å². The van der Waals surface area contributed by atoms with Gasteiger partial charge in [0.15, 0.2) is 0 Å². The third kappa shape index (κ3) is 14.8. The van der Waals surface area contributed by atoms with Gasteiger partial charge in [-0.3, -0.25) is 23.5 Å². The number of amides is 1. The Morgan fingerprint density at radius 2 is 1.62 bits per heavy atom. The number of anilines is 3. The minimum atomic E-state index is -4.14. The molecule has 9 N–H and O–H groups in total. The van der Waals surface area contributed by atoms with Crippen LogP contribution >= 0.6 is 7.60 Å². The Kier molecular flexibility index (Phi) is 16.3. The van der Waals surface area contributed by atoms with Crippen LogP contribution in [0.15, 0.2) is 18.5 Å². The van der Waals surface area contributed by atoms with Crippen molar-refractivity contribution in [3.8, 4) is 0 Å². The summed E-state index contributed by atoms with van der Waals surface area (Å²) < 4.78 is 14.2. The van der Waals surface area contributed by atoms with Gasteiger partial charge in [0.25, 0.3) is 0 Å². The first-order valence-corrected chi connectivity index (χ1v) is 21.3. The van der Waals surface area contributed by atoms with Gasteiger partial charge in [0.2, 0.25) is 11.9 Å². The van der Waals surface area contributed by atoms with Gasteiger partial charge >= 0.3 is 7.60 Å². The third-order valence-electron chi connectivity index (χ3n) is 9.93. The number of nitrogens with one attached hydrogen (secondary N) is 3. The van der Waals surface area contributed by atoms with E-state index in [0.29, 0.717) is 68.5 Å². The quantitative estimate of drug-likeness (QED) is 0.0502. The first kappa shape index (κ1) is 42.1. The fourth-order valence-corrected chi connectivity index (χ4v) is 7.19. The number of nitrogen functional groups attached to an aromatic ring is 1. The van der Waals surface area contributed by atoms with Gasteiger partial charge in [-0.15, -0.1) is 10.2 Å². The van der Waals surface area contributed by atoms with E-state index in [0.717, 1.165) is 44.7 Å². The predicted molar refractivity (Wildman–Crippen MR) is 207 cm³/mol. The first-order valence-electron chi connectivity index (χ1n) is 19.5. The molecule has 0 unspecified atom stereocenters. The largest absolute Gasteiger partial charge is 0.383 e. The van der Waals surface area contributed by atoms with E-state index < -0.39 is 13.6 Å². The molecule has 0 radical (unpaired) electrons. The molecule has 1 amide bonds. The Balaban J connectivity index is 0.947. The Hall–Kier alpha value is -4.07. The van der Waals surface area contributed by atoms with Crippen molar-refractivity contribution < 1.29 is 23.9 Å². The highest BCUT2D eigenvalue weighted by molar-refractivity contribution is 7.51. The van der Waals surface area contributed by atoms with Crippen molar-refractivity contribution >= 4 is 36.9 Å². The lowest BCUT2D eigenvalue weighted by Crippen LogP contribution is -2.49.